The zero-order chi connectivity index (χ0) is 13.2. The zero-order valence-corrected chi connectivity index (χ0v) is 11.2. The van der Waals surface area contributed by atoms with E-state index in [9.17, 15) is 4.79 Å². The Morgan fingerprint density at radius 2 is 2.11 bits per heavy atom. The summed E-state index contributed by atoms with van der Waals surface area (Å²) in [6.45, 7) is 4.52. The number of halogens is 1. The normalized spacial score (nSPS) is 25.1. The highest BCUT2D eigenvalue weighted by molar-refractivity contribution is 6.32. The summed E-state index contributed by atoms with van der Waals surface area (Å²) in [6, 6.07) is 7.33. The van der Waals surface area contributed by atoms with Crippen LogP contribution < -0.4 is 10.6 Å². The summed E-state index contributed by atoms with van der Waals surface area (Å²) >= 11 is 6.15. The third-order valence-corrected chi connectivity index (χ3v) is 3.29. The average molecular weight is 266 g/mol. The Labute approximate surface area is 111 Å². The average Bonchev–Trinajstić information content (AvgIpc) is 2.64. The minimum Gasteiger partial charge on any atom is -0.338 e. The van der Waals surface area contributed by atoms with Crippen LogP contribution in [0.1, 0.15) is 25.8 Å². The molecule has 18 heavy (non-hydrogen) atoms. The minimum absolute atomic E-state index is 0.134. The summed E-state index contributed by atoms with van der Waals surface area (Å²) in [4.78, 5) is 16.4. The molecule has 96 valence electrons. The molecular formula is C13H16ClN3O. The van der Waals surface area contributed by atoms with E-state index >= 15 is 0 Å². The predicted octanol–water partition coefficient (Wildman–Crippen LogP) is 2.04. The Morgan fingerprint density at radius 3 is 2.78 bits per heavy atom. The van der Waals surface area contributed by atoms with Gasteiger partial charge in [-0.25, -0.2) is 0 Å². The van der Waals surface area contributed by atoms with Crippen molar-refractivity contribution >= 4 is 23.5 Å². The molecule has 0 bridgehead atoms. The van der Waals surface area contributed by atoms with Crippen molar-refractivity contribution in [1.82, 2.24) is 10.6 Å². The molecule has 0 spiro atoms. The molecule has 4 nitrogen and oxygen atoms in total. The fourth-order valence-electron chi connectivity index (χ4n) is 1.92. The first-order chi connectivity index (χ1) is 8.58. The topological polar surface area (TPSA) is 53.5 Å². The van der Waals surface area contributed by atoms with Crippen LogP contribution in [0, 0.1) is 0 Å². The second-order valence-corrected chi connectivity index (χ2v) is 4.82. The molecule has 1 unspecified atom stereocenters. The van der Waals surface area contributed by atoms with Crippen molar-refractivity contribution in [1.29, 1.82) is 0 Å². The molecule has 1 amide bonds. The van der Waals surface area contributed by atoms with Gasteiger partial charge >= 0.3 is 0 Å². The van der Waals surface area contributed by atoms with Gasteiger partial charge in [0.2, 0.25) is 0 Å². The number of amides is 1. The van der Waals surface area contributed by atoms with Gasteiger partial charge in [0.05, 0.1) is 0 Å². The van der Waals surface area contributed by atoms with Gasteiger partial charge in [-0.2, -0.15) is 0 Å². The number of guanidine groups is 1. The van der Waals surface area contributed by atoms with Gasteiger partial charge in [0.25, 0.3) is 5.91 Å². The molecule has 1 aliphatic heterocycles. The first kappa shape index (κ1) is 12.9. The quantitative estimate of drug-likeness (QED) is 0.879. The Kier molecular flexibility index (Phi) is 3.57. The maximum Gasteiger partial charge on any atom is 0.256 e. The third-order valence-electron chi connectivity index (χ3n) is 2.96. The van der Waals surface area contributed by atoms with Crippen molar-refractivity contribution in [2.24, 2.45) is 4.99 Å². The van der Waals surface area contributed by atoms with Crippen LogP contribution in [0.2, 0.25) is 5.02 Å². The van der Waals surface area contributed by atoms with E-state index < -0.39 is 5.54 Å². The highest BCUT2D eigenvalue weighted by atomic mass is 35.5. The fourth-order valence-corrected chi connectivity index (χ4v) is 2.24. The van der Waals surface area contributed by atoms with Gasteiger partial charge < -0.3 is 5.32 Å². The molecule has 1 heterocycles. The molecule has 1 fully saturated rings. The number of carbonyl (C=O) groups excluding carboxylic acids is 1. The molecule has 5 heteroatoms. The summed E-state index contributed by atoms with van der Waals surface area (Å²) in [5.41, 5.74) is -0.101. The van der Waals surface area contributed by atoms with E-state index in [0.29, 0.717) is 17.5 Å². The number of benzene rings is 1. The van der Waals surface area contributed by atoms with Gasteiger partial charge in [0.15, 0.2) is 5.96 Å². The first-order valence-electron chi connectivity index (χ1n) is 5.97. The van der Waals surface area contributed by atoms with Crippen LogP contribution >= 0.6 is 11.6 Å². The van der Waals surface area contributed by atoms with Crippen LogP contribution in [0.5, 0.6) is 0 Å². The first-order valence-corrected chi connectivity index (χ1v) is 6.35. The number of nitrogens with zero attached hydrogens (tertiary/aromatic N) is 1. The summed E-state index contributed by atoms with van der Waals surface area (Å²) in [7, 11) is 0. The third kappa shape index (κ3) is 2.20. The Morgan fingerprint density at radius 1 is 1.39 bits per heavy atom. The Balaban J connectivity index is 2.33. The van der Waals surface area contributed by atoms with Crippen molar-refractivity contribution in [2.75, 3.05) is 6.54 Å². The van der Waals surface area contributed by atoms with Crippen LogP contribution in [-0.4, -0.2) is 18.4 Å². The standard InChI is InChI=1S/C13H16ClN3O/c1-3-8-15-12-16-11(18)13(2,17-12)9-6-4-5-7-10(9)14/h4-7H,3,8H2,1-2H3,(H2,15,16,17,18). The van der Waals surface area contributed by atoms with Gasteiger partial charge in [-0.1, -0.05) is 36.7 Å². The molecule has 1 saturated heterocycles. The van der Waals surface area contributed by atoms with E-state index in [1.54, 1.807) is 13.0 Å². The summed E-state index contributed by atoms with van der Waals surface area (Å²) in [5, 5.41) is 6.43. The van der Waals surface area contributed by atoms with Crippen molar-refractivity contribution in [3.05, 3.63) is 34.9 Å². The van der Waals surface area contributed by atoms with Crippen molar-refractivity contribution in [3.63, 3.8) is 0 Å². The second kappa shape index (κ2) is 4.98. The van der Waals surface area contributed by atoms with E-state index in [4.69, 9.17) is 11.6 Å². The molecule has 0 saturated carbocycles. The predicted molar refractivity (Wildman–Crippen MR) is 72.7 cm³/mol. The molecule has 1 aliphatic rings. The van der Waals surface area contributed by atoms with Crippen molar-refractivity contribution in [2.45, 2.75) is 25.8 Å². The molecule has 1 aromatic rings. The lowest BCUT2D eigenvalue weighted by atomic mass is 9.92. The lowest BCUT2D eigenvalue weighted by Crippen LogP contribution is -2.41. The summed E-state index contributed by atoms with van der Waals surface area (Å²) in [6.07, 6.45) is 0.934. The highest BCUT2D eigenvalue weighted by Crippen LogP contribution is 2.30. The van der Waals surface area contributed by atoms with E-state index in [2.05, 4.69) is 15.6 Å². The van der Waals surface area contributed by atoms with Gasteiger partial charge in [-0.05, 0) is 19.4 Å². The van der Waals surface area contributed by atoms with E-state index in [0.717, 1.165) is 12.0 Å². The zero-order valence-electron chi connectivity index (χ0n) is 10.5. The number of carbonyl (C=O) groups is 1. The van der Waals surface area contributed by atoms with Crippen LogP contribution in [0.15, 0.2) is 29.3 Å². The molecule has 1 aromatic carbocycles. The molecule has 0 radical (unpaired) electrons. The SMILES string of the molecule is CCCN=C1NC(=O)C(C)(c2ccccc2Cl)N1. The lowest BCUT2D eigenvalue weighted by Gasteiger charge is -2.22. The molecular weight excluding hydrogens is 250 g/mol. The van der Waals surface area contributed by atoms with Crippen molar-refractivity contribution < 1.29 is 4.79 Å². The molecule has 0 aromatic heterocycles. The molecule has 2 rings (SSSR count). The molecule has 0 aliphatic carbocycles. The van der Waals surface area contributed by atoms with Crippen LogP contribution in [0.3, 0.4) is 0 Å². The number of hydrogen-bond acceptors (Lipinski definition) is 2. The van der Waals surface area contributed by atoms with Crippen molar-refractivity contribution in [3.8, 4) is 0 Å². The van der Waals surface area contributed by atoms with E-state index in [1.807, 2.05) is 25.1 Å². The number of rotatable bonds is 3. The minimum atomic E-state index is -0.856. The number of aliphatic imine (C=N–C) groups is 1. The number of hydrogen-bond donors (Lipinski definition) is 2. The Hall–Kier alpha value is -1.55. The van der Waals surface area contributed by atoms with E-state index in [-0.39, 0.29) is 5.91 Å². The van der Waals surface area contributed by atoms with Gasteiger partial charge in [0, 0.05) is 17.1 Å². The maximum absolute atomic E-state index is 12.1. The van der Waals surface area contributed by atoms with E-state index in [1.165, 1.54) is 0 Å². The number of nitrogens with one attached hydrogen (secondary N) is 2. The highest BCUT2D eigenvalue weighted by Gasteiger charge is 2.43. The van der Waals surface area contributed by atoms with Gasteiger partial charge in [-0.3, -0.25) is 15.1 Å². The van der Waals surface area contributed by atoms with Gasteiger partial charge in [0.1, 0.15) is 5.54 Å². The summed E-state index contributed by atoms with van der Waals surface area (Å²) in [5.74, 6) is 0.384. The second-order valence-electron chi connectivity index (χ2n) is 4.41. The van der Waals surface area contributed by atoms with Gasteiger partial charge in [-0.15, -0.1) is 0 Å². The monoisotopic (exact) mass is 265 g/mol. The fraction of sp³-hybridized carbons (Fsp3) is 0.385. The maximum atomic E-state index is 12.1. The summed E-state index contributed by atoms with van der Waals surface area (Å²) < 4.78 is 0. The lowest BCUT2D eigenvalue weighted by molar-refractivity contribution is -0.123. The van der Waals surface area contributed by atoms with Crippen LogP contribution in [-0.2, 0) is 10.3 Å². The van der Waals surface area contributed by atoms with Crippen LogP contribution in [0.25, 0.3) is 0 Å². The largest absolute Gasteiger partial charge is 0.338 e. The molecule has 1 atom stereocenters. The van der Waals surface area contributed by atoms with Crippen LogP contribution in [0.4, 0.5) is 0 Å². The smallest absolute Gasteiger partial charge is 0.256 e. The Bertz CT molecular complexity index is 501. The molecule has 2 N–H and O–H groups in total.